The Balaban J connectivity index is 1.44. The number of fused-ring (bicyclic) bond motifs is 2. The maximum absolute atomic E-state index is 14.3. The molecule has 1 amide bonds. The molecule has 0 radical (unpaired) electrons. The summed E-state index contributed by atoms with van der Waals surface area (Å²) in [4.78, 5) is 16.0. The number of carbonyl (C=O) groups is 1. The Hall–Kier alpha value is -2.40. The van der Waals surface area contributed by atoms with Crippen LogP contribution in [-0.2, 0) is 4.74 Å². The zero-order valence-electron chi connectivity index (χ0n) is 15.5. The van der Waals surface area contributed by atoms with Crippen LogP contribution in [0.2, 0.25) is 0 Å². The Labute approximate surface area is 162 Å². The number of halogens is 2. The second-order valence-electron chi connectivity index (χ2n) is 7.91. The average molecular weight is 391 g/mol. The van der Waals surface area contributed by atoms with E-state index in [0.29, 0.717) is 32.2 Å². The molecule has 3 unspecified atom stereocenters. The van der Waals surface area contributed by atoms with E-state index in [4.69, 9.17) is 10.00 Å². The monoisotopic (exact) mass is 391 g/mol. The Morgan fingerprint density at radius 3 is 2.43 bits per heavy atom. The van der Waals surface area contributed by atoms with Crippen LogP contribution in [0, 0.1) is 23.0 Å². The fraction of sp³-hybridized carbons (Fsp3) is 0.600. The number of nitrogens with zero attached hydrogens (tertiary/aromatic N) is 3. The van der Waals surface area contributed by atoms with Crippen molar-refractivity contribution in [2.24, 2.45) is 0 Å². The van der Waals surface area contributed by atoms with E-state index in [1.165, 1.54) is 0 Å². The minimum atomic E-state index is -0.786. The molecular weight excluding hydrogens is 368 g/mol. The molecule has 3 fully saturated rings. The molecule has 3 aliphatic heterocycles. The quantitative estimate of drug-likeness (QED) is 0.839. The van der Waals surface area contributed by atoms with Crippen molar-refractivity contribution in [2.75, 3.05) is 18.0 Å². The standard InChI is InChI=1S/C20H23F2N3O3/c21-17-6-12(10-23)7-18(22)19(17)24-5-1-2-16(11-24)28-20(27)25-13-3-4-14(25)9-15(26)8-13/h6-7,13-16,26H,1-5,8-9,11H2. The predicted molar refractivity (Wildman–Crippen MR) is 96.7 cm³/mol. The topological polar surface area (TPSA) is 76.8 Å². The zero-order chi connectivity index (χ0) is 19.8. The number of rotatable bonds is 2. The van der Waals surface area contributed by atoms with Crippen LogP contribution < -0.4 is 4.90 Å². The molecule has 0 spiro atoms. The first kappa shape index (κ1) is 18.9. The Kier molecular flexibility index (Phi) is 5.11. The fourth-order valence-corrected chi connectivity index (χ4v) is 4.82. The second-order valence-corrected chi connectivity index (χ2v) is 7.91. The first-order valence-corrected chi connectivity index (χ1v) is 9.77. The third-order valence-corrected chi connectivity index (χ3v) is 6.03. The third-order valence-electron chi connectivity index (χ3n) is 6.03. The Morgan fingerprint density at radius 1 is 1.18 bits per heavy atom. The maximum atomic E-state index is 14.3. The van der Waals surface area contributed by atoms with Gasteiger partial charge in [0.05, 0.1) is 24.3 Å². The number of amides is 1. The summed E-state index contributed by atoms with van der Waals surface area (Å²) >= 11 is 0. The minimum absolute atomic E-state index is 0.00867. The van der Waals surface area contributed by atoms with Gasteiger partial charge in [-0.2, -0.15) is 5.26 Å². The van der Waals surface area contributed by atoms with Gasteiger partial charge < -0.3 is 19.6 Å². The molecule has 6 nitrogen and oxygen atoms in total. The highest BCUT2D eigenvalue weighted by Gasteiger charge is 2.44. The molecule has 150 valence electrons. The third kappa shape index (κ3) is 3.51. The highest BCUT2D eigenvalue weighted by Crippen LogP contribution is 2.37. The second kappa shape index (κ2) is 7.55. The van der Waals surface area contributed by atoms with Crippen molar-refractivity contribution in [1.29, 1.82) is 5.26 Å². The van der Waals surface area contributed by atoms with Crippen LogP contribution in [0.5, 0.6) is 0 Å². The van der Waals surface area contributed by atoms with Gasteiger partial charge in [-0.3, -0.25) is 0 Å². The van der Waals surface area contributed by atoms with Gasteiger partial charge in [0, 0.05) is 18.6 Å². The van der Waals surface area contributed by atoms with Gasteiger partial charge in [0.15, 0.2) is 11.6 Å². The van der Waals surface area contributed by atoms with Crippen molar-refractivity contribution in [3.05, 3.63) is 29.3 Å². The maximum Gasteiger partial charge on any atom is 0.410 e. The van der Waals surface area contributed by atoms with Crippen molar-refractivity contribution in [2.45, 2.75) is 62.8 Å². The van der Waals surface area contributed by atoms with Gasteiger partial charge in [0.25, 0.3) is 0 Å². The van der Waals surface area contributed by atoms with Gasteiger partial charge in [-0.25, -0.2) is 13.6 Å². The van der Waals surface area contributed by atoms with Gasteiger partial charge in [-0.1, -0.05) is 0 Å². The molecule has 3 saturated heterocycles. The SMILES string of the molecule is N#Cc1cc(F)c(N2CCCC(OC(=O)N3C4CCC3CC(O)C4)C2)c(F)c1. The van der Waals surface area contributed by atoms with E-state index < -0.39 is 23.8 Å². The van der Waals surface area contributed by atoms with Crippen LogP contribution in [-0.4, -0.2) is 53.5 Å². The van der Waals surface area contributed by atoms with Gasteiger partial charge in [-0.15, -0.1) is 0 Å². The van der Waals surface area contributed by atoms with Gasteiger partial charge in [-0.05, 0) is 50.7 Å². The van der Waals surface area contributed by atoms with E-state index in [0.717, 1.165) is 25.0 Å². The van der Waals surface area contributed by atoms with Crippen molar-refractivity contribution < 1.29 is 23.4 Å². The number of hydrogen-bond donors (Lipinski definition) is 1. The number of carbonyl (C=O) groups excluding carboxylic acids is 1. The largest absolute Gasteiger partial charge is 0.444 e. The zero-order valence-corrected chi connectivity index (χ0v) is 15.5. The van der Waals surface area contributed by atoms with Gasteiger partial charge in [0.2, 0.25) is 0 Å². The number of piperidine rings is 2. The van der Waals surface area contributed by atoms with Gasteiger partial charge in [0.1, 0.15) is 11.8 Å². The van der Waals surface area contributed by atoms with E-state index in [2.05, 4.69) is 0 Å². The molecule has 1 aromatic rings. The summed E-state index contributed by atoms with van der Waals surface area (Å²) in [5.74, 6) is -1.57. The van der Waals surface area contributed by atoms with Gasteiger partial charge >= 0.3 is 6.09 Å². The summed E-state index contributed by atoms with van der Waals surface area (Å²) < 4.78 is 34.4. The average Bonchev–Trinajstić information content (AvgIpc) is 2.93. The van der Waals surface area contributed by atoms with E-state index in [1.807, 2.05) is 0 Å². The normalized spacial score (nSPS) is 29.5. The van der Waals surface area contributed by atoms with Crippen molar-refractivity contribution in [1.82, 2.24) is 4.90 Å². The smallest absolute Gasteiger partial charge is 0.410 e. The summed E-state index contributed by atoms with van der Waals surface area (Å²) in [5, 5.41) is 18.7. The molecule has 2 bridgehead atoms. The molecule has 3 aliphatic rings. The summed E-state index contributed by atoms with van der Waals surface area (Å²) in [5.41, 5.74) is -0.248. The van der Waals surface area contributed by atoms with Crippen LogP contribution in [0.1, 0.15) is 44.1 Å². The lowest BCUT2D eigenvalue weighted by atomic mass is 10.0. The van der Waals surface area contributed by atoms with Crippen molar-refractivity contribution >= 4 is 11.8 Å². The van der Waals surface area contributed by atoms with Crippen LogP contribution >= 0.6 is 0 Å². The first-order chi connectivity index (χ1) is 13.5. The lowest BCUT2D eigenvalue weighted by Crippen LogP contribution is -2.50. The molecule has 1 N–H and O–H groups in total. The molecule has 3 heterocycles. The van der Waals surface area contributed by atoms with E-state index >= 15 is 0 Å². The molecular formula is C20H23F2N3O3. The number of nitriles is 1. The summed E-state index contributed by atoms with van der Waals surface area (Å²) in [7, 11) is 0. The highest BCUT2D eigenvalue weighted by atomic mass is 19.1. The summed E-state index contributed by atoms with van der Waals surface area (Å²) in [6.07, 6.45) is 2.94. The van der Waals surface area contributed by atoms with Crippen LogP contribution in [0.3, 0.4) is 0 Å². The summed E-state index contributed by atoms with van der Waals surface area (Å²) in [6.45, 7) is 0.659. The fourth-order valence-electron chi connectivity index (χ4n) is 4.82. The molecule has 0 aromatic heterocycles. The summed E-state index contributed by atoms with van der Waals surface area (Å²) in [6, 6.07) is 3.79. The van der Waals surface area contributed by atoms with E-state index in [-0.39, 0.29) is 36.0 Å². The van der Waals surface area contributed by atoms with Crippen LogP contribution in [0.25, 0.3) is 0 Å². The number of aliphatic hydroxyl groups is 1. The molecule has 3 atom stereocenters. The van der Waals surface area contributed by atoms with Crippen molar-refractivity contribution in [3.63, 3.8) is 0 Å². The molecule has 0 aliphatic carbocycles. The lowest BCUT2D eigenvalue weighted by molar-refractivity contribution is 0.00638. The molecule has 0 saturated carbocycles. The lowest BCUT2D eigenvalue weighted by Gasteiger charge is -2.39. The highest BCUT2D eigenvalue weighted by molar-refractivity contribution is 5.69. The molecule has 8 heteroatoms. The van der Waals surface area contributed by atoms with Crippen LogP contribution in [0.15, 0.2) is 12.1 Å². The number of benzene rings is 1. The number of ether oxygens (including phenoxy) is 1. The number of hydrogen-bond acceptors (Lipinski definition) is 5. The predicted octanol–water partition coefficient (Wildman–Crippen LogP) is 2.93. The number of aliphatic hydroxyl groups excluding tert-OH is 1. The molecule has 28 heavy (non-hydrogen) atoms. The molecule has 1 aromatic carbocycles. The van der Waals surface area contributed by atoms with Crippen molar-refractivity contribution in [3.8, 4) is 6.07 Å². The van der Waals surface area contributed by atoms with Crippen LogP contribution in [0.4, 0.5) is 19.3 Å². The Bertz CT molecular complexity index is 775. The van der Waals surface area contributed by atoms with E-state index in [9.17, 15) is 18.7 Å². The number of anilines is 1. The Morgan fingerprint density at radius 2 is 1.82 bits per heavy atom. The minimum Gasteiger partial charge on any atom is -0.444 e. The van der Waals surface area contributed by atoms with E-state index in [1.54, 1.807) is 15.9 Å². The molecule has 4 rings (SSSR count). The first-order valence-electron chi connectivity index (χ1n) is 9.77.